The molecule has 0 radical (unpaired) electrons. The second-order valence-electron chi connectivity index (χ2n) is 6.70. The van der Waals surface area contributed by atoms with Crippen molar-refractivity contribution >= 4 is 22.6 Å². The van der Waals surface area contributed by atoms with Gasteiger partial charge in [-0.05, 0) is 31.9 Å². The number of nitrogens with zero attached hydrogens (tertiary/aromatic N) is 4. The first kappa shape index (κ1) is 15.1. The van der Waals surface area contributed by atoms with Crippen molar-refractivity contribution in [2.24, 2.45) is 0 Å². The van der Waals surface area contributed by atoms with Crippen LogP contribution in [0.25, 0.3) is 22.4 Å². The van der Waals surface area contributed by atoms with Crippen LogP contribution in [0.2, 0.25) is 0 Å². The van der Waals surface area contributed by atoms with E-state index in [2.05, 4.69) is 75.5 Å². The molecule has 0 saturated carbocycles. The lowest BCUT2D eigenvalue weighted by molar-refractivity contribution is 0.458. The Bertz CT molecular complexity index is 1110. The van der Waals surface area contributed by atoms with Crippen molar-refractivity contribution in [3.63, 3.8) is 0 Å². The summed E-state index contributed by atoms with van der Waals surface area (Å²) in [5, 5.41) is 4.32. The fraction of sp³-hybridized carbons (Fsp3) is 0.190. The number of aromatic nitrogens is 3. The van der Waals surface area contributed by atoms with Gasteiger partial charge in [0, 0.05) is 17.8 Å². The second kappa shape index (κ2) is 5.66. The van der Waals surface area contributed by atoms with E-state index in [1.165, 1.54) is 16.8 Å². The van der Waals surface area contributed by atoms with Gasteiger partial charge in [0.2, 0.25) is 5.58 Å². The lowest BCUT2D eigenvalue weighted by atomic mass is 10.1. The summed E-state index contributed by atoms with van der Waals surface area (Å²) in [7, 11) is 0. The van der Waals surface area contributed by atoms with Crippen molar-refractivity contribution in [1.82, 2.24) is 15.1 Å². The SMILES string of the molecule is Cc1ccc(-c2noc3c(N4CCc5ccccc54)nc(C)nc23)cc1. The van der Waals surface area contributed by atoms with Crippen LogP contribution in [0.4, 0.5) is 11.5 Å². The number of rotatable bonds is 2. The van der Waals surface area contributed by atoms with E-state index in [0.29, 0.717) is 11.4 Å². The van der Waals surface area contributed by atoms with Gasteiger partial charge < -0.3 is 9.42 Å². The van der Waals surface area contributed by atoms with E-state index in [4.69, 9.17) is 4.52 Å². The zero-order chi connectivity index (χ0) is 17.7. The quantitative estimate of drug-likeness (QED) is 0.533. The van der Waals surface area contributed by atoms with E-state index in [0.717, 1.165) is 35.6 Å². The molecule has 1 aliphatic rings. The summed E-state index contributed by atoms with van der Waals surface area (Å²) in [6.45, 7) is 4.86. The highest BCUT2D eigenvalue weighted by atomic mass is 16.5. The van der Waals surface area contributed by atoms with E-state index in [1.807, 2.05) is 6.92 Å². The fourth-order valence-corrected chi connectivity index (χ4v) is 3.57. The molecule has 0 unspecified atom stereocenters. The van der Waals surface area contributed by atoms with Crippen LogP contribution in [-0.4, -0.2) is 21.7 Å². The molecule has 0 aliphatic carbocycles. The molecule has 2 aromatic carbocycles. The third-order valence-electron chi connectivity index (χ3n) is 4.88. The van der Waals surface area contributed by atoms with Crippen molar-refractivity contribution in [1.29, 1.82) is 0 Å². The Kier molecular flexibility index (Phi) is 3.28. The Morgan fingerprint density at radius 1 is 0.962 bits per heavy atom. The maximum atomic E-state index is 5.73. The van der Waals surface area contributed by atoms with Gasteiger partial charge in [-0.25, -0.2) is 9.97 Å². The summed E-state index contributed by atoms with van der Waals surface area (Å²) in [4.78, 5) is 11.5. The average Bonchev–Trinajstić information content (AvgIpc) is 3.26. The molecular weight excluding hydrogens is 324 g/mol. The third kappa shape index (κ3) is 2.28. The fourth-order valence-electron chi connectivity index (χ4n) is 3.57. The predicted molar refractivity (Wildman–Crippen MR) is 102 cm³/mol. The van der Waals surface area contributed by atoms with E-state index >= 15 is 0 Å². The molecule has 5 rings (SSSR count). The first-order chi connectivity index (χ1) is 12.7. The highest BCUT2D eigenvalue weighted by molar-refractivity contribution is 5.95. The van der Waals surface area contributed by atoms with Gasteiger partial charge in [-0.1, -0.05) is 53.2 Å². The molecule has 4 aromatic rings. The molecule has 5 nitrogen and oxygen atoms in total. The molecule has 0 saturated heterocycles. The summed E-state index contributed by atoms with van der Waals surface area (Å²) in [5.41, 5.74) is 6.89. The molecule has 0 spiro atoms. The van der Waals surface area contributed by atoms with Crippen molar-refractivity contribution in [3.05, 3.63) is 65.5 Å². The van der Waals surface area contributed by atoms with Crippen molar-refractivity contribution in [2.45, 2.75) is 20.3 Å². The lowest BCUT2D eigenvalue weighted by Crippen LogP contribution is -2.15. The standard InChI is InChI=1S/C21H18N4O/c1-13-7-9-16(10-8-13)18-19-20(26-24-18)21(23-14(2)22-19)25-12-11-15-5-3-4-6-17(15)25/h3-10H,11-12H2,1-2H3. The van der Waals surface area contributed by atoms with Gasteiger partial charge in [0.15, 0.2) is 5.82 Å². The molecule has 0 amide bonds. The lowest BCUT2D eigenvalue weighted by Gasteiger charge is -2.18. The van der Waals surface area contributed by atoms with Crippen LogP contribution >= 0.6 is 0 Å². The Balaban J connectivity index is 1.70. The second-order valence-corrected chi connectivity index (χ2v) is 6.70. The molecule has 2 aromatic heterocycles. The normalized spacial score (nSPS) is 13.4. The molecule has 1 aliphatic heterocycles. The maximum absolute atomic E-state index is 5.73. The average molecular weight is 342 g/mol. The van der Waals surface area contributed by atoms with Crippen LogP contribution < -0.4 is 4.90 Å². The van der Waals surface area contributed by atoms with Crippen LogP contribution in [0.3, 0.4) is 0 Å². The molecule has 0 fully saturated rings. The molecule has 5 heteroatoms. The predicted octanol–water partition coefficient (Wildman–Crippen LogP) is 4.60. The number of para-hydroxylation sites is 1. The van der Waals surface area contributed by atoms with E-state index in [1.54, 1.807) is 0 Å². The van der Waals surface area contributed by atoms with E-state index in [-0.39, 0.29) is 0 Å². The van der Waals surface area contributed by atoms with Crippen molar-refractivity contribution in [3.8, 4) is 11.3 Å². The van der Waals surface area contributed by atoms with Crippen molar-refractivity contribution < 1.29 is 4.52 Å². The molecular formula is C21H18N4O. The minimum Gasteiger partial charge on any atom is -0.350 e. The van der Waals surface area contributed by atoms with E-state index < -0.39 is 0 Å². The first-order valence-corrected chi connectivity index (χ1v) is 8.77. The minimum atomic E-state index is 0.642. The highest BCUT2D eigenvalue weighted by Gasteiger charge is 2.26. The van der Waals surface area contributed by atoms with Crippen molar-refractivity contribution in [2.75, 3.05) is 11.4 Å². The minimum absolute atomic E-state index is 0.642. The number of aryl methyl sites for hydroxylation is 2. The summed E-state index contributed by atoms with van der Waals surface area (Å²) in [6.07, 6.45) is 1.000. The molecule has 0 N–H and O–H groups in total. The Morgan fingerprint density at radius 3 is 2.62 bits per heavy atom. The van der Waals surface area contributed by atoms with Gasteiger partial charge in [-0.15, -0.1) is 0 Å². The largest absolute Gasteiger partial charge is 0.350 e. The number of anilines is 2. The number of benzene rings is 2. The number of hydrogen-bond donors (Lipinski definition) is 0. The van der Waals surface area contributed by atoms with Crippen LogP contribution in [0, 0.1) is 13.8 Å². The topological polar surface area (TPSA) is 55.1 Å². The first-order valence-electron chi connectivity index (χ1n) is 8.77. The number of hydrogen-bond acceptors (Lipinski definition) is 5. The summed E-state index contributed by atoms with van der Waals surface area (Å²) >= 11 is 0. The Hall–Kier alpha value is -3.21. The maximum Gasteiger partial charge on any atom is 0.228 e. The monoisotopic (exact) mass is 342 g/mol. The molecule has 0 atom stereocenters. The molecule has 26 heavy (non-hydrogen) atoms. The third-order valence-corrected chi connectivity index (χ3v) is 4.88. The summed E-state index contributed by atoms with van der Waals surface area (Å²) < 4.78 is 5.73. The smallest absolute Gasteiger partial charge is 0.228 e. The van der Waals surface area contributed by atoms with Crippen LogP contribution in [0.5, 0.6) is 0 Å². The zero-order valence-electron chi connectivity index (χ0n) is 14.7. The van der Waals surface area contributed by atoms with Crippen LogP contribution in [-0.2, 0) is 6.42 Å². The van der Waals surface area contributed by atoms with Gasteiger partial charge >= 0.3 is 0 Å². The summed E-state index contributed by atoms with van der Waals surface area (Å²) in [6, 6.07) is 16.7. The zero-order valence-corrected chi connectivity index (χ0v) is 14.7. The van der Waals surface area contributed by atoms with Gasteiger partial charge in [0.1, 0.15) is 17.0 Å². The van der Waals surface area contributed by atoms with Crippen LogP contribution in [0.15, 0.2) is 53.1 Å². The molecule has 0 bridgehead atoms. The molecule has 3 heterocycles. The van der Waals surface area contributed by atoms with Gasteiger partial charge in [0.25, 0.3) is 0 Å². The van der Waals surface area contributed by atoms with Gasteiger partial charge in [-0.3, -0.25) is 0 Å². The molecule has 128 valence electrons. The van der Waals surface area contributed by atoms with Crippen LogP contribution in [0.1, 0.15) is 17.0 Å². The Morgan fingerprint density at radius 2 is 1.77 bits per heavy atom. The van der Waals surface area contributed by atoms with E-state index in [9.17, 15) is 0 Å². The summed E-state index contributed by atoms with van der Waals surface area (Å²) in [5.74, 6) is 1.51. The van der Waals surface area contributed by atoms with Gasteiger partial charge in [-0.2, -0.15) is 0 Å². The number of fused-ring (bicyclic) bond motifs is 2. The Labute approximate surface area is 151 Å². The highest BCUT2D eigenvalue weighted by Crippen LogP contribution is 2.38. The van der Waals surface area contributed by atoms with Gasteiger partial charge in [0.05, 0.1) is 0 Å².